The van der Waals surface area contributed by atoms with Crippen LogP contribution in [-0.4, -0.2) is 66.4 Å². The third kappa shape index (κ3) is 4.08. The lowest BCUT2D eigenvalue weighted by Gasteiger charge is -2.22. The maximum absolute atomic E-state index is 13.3. The first-order chi connectivity index (χ1) is 14.0. The fourth-order valence-electron chi connectivity index (χ4n) is 3.57. The third-order valence-corrected chi connectivity index (χ3v) is 6.85. The molecule has 1 aliphatic heterocycles. The van der Waals surface area contributed by atoms with Gasteiger partial charge in [-0.3, -0.25) is 9.36 Å². The molecule has 0 unspecified atom stereocenters. The zero-order valence-electron chi connectivity index (χ0n) is 17.2. The van der Waals surface area contributed by atoms with Crippen molar-refractivity contribution >= 4 is 15.9 Å². The van der Waals surface area contributed by atoms with Gasteiger partial charge in [0.25, 0.3) is 5.91 Å². The Bertz CT molecular complexity index is 965. The number of imidazole rings is 1. The molecule has 9 heteroatoms. The molecular weight excluding hydrogens is 392 g/mol. The highest BCUT2D eigenvalue weighted by Crippen LogP contribution is 2.31. The van der Waals surface area contributed by atoms with Gasteiger partial charge >= 0.3 is 0 Å². The fourth-order valence-corrected chi connectivity index (χ4v) is 5.14. The molecule has 0 aliphatic carbocycles. The van der Waals surface area contributed by atoms with Gasteiger partial charge in [0, 0.05) is 26.7 Å². The average molecular weight is 421 g/mol. The van der Waals surface area contributed by atoms with Gasteiger partial charge in [0.05, 0.1) is 24.5 Å². The molecule has 8 nitrogen and oxygen atoms in total. The van der Waals surface area contributed by atoms with E-state index in [1.165, 1.54) is 11.4 Å². The van der Waals surface area contributed by atoms with Crippen molar-refractivity contribution in [3.05, 3.63) is 42.0 Å². The SMILES string of the molecule is CCCN(CCC)C(=O)c1ncn2c1CN(CCOC)S(=O)(=O)c1ccccc1-2. The summed E-state index contributed by atoms with van der Waals surface area (Å²) in [6.07, 6.45) is 3.24. The number of carbonyl (C=O) groups is 1. The largest absolute Gasteiger partial charge is 0.383 e. The first kappa shape index (κ1) is 21.5. The summed E-state index contributed by atoms with van der Waals surface area (Å²) >= 11 is 0. The second kappa shape index (κ2) is 9.06. The van der Waals surface area contributed by atoms with Crippen molar-refractivity contribution in [2.45, 2.75) is 38.1 Å². The lowest BCUT2D eigenvalue weighted by atomic mass is 10.2. The quantitative estimate of drug-likeness (QED) is 0.654. The number of hydrogen-bond acceptors (Lipinski definition) is 5. The number of aromatic nitrogens is 2. The minimum Gasteiger partial charge on any atom is -0.383 e. The van der Waals surface area contributed by atoms with E-state index >= 15 is 0 Å². The van der Waals surface area contributed by atoms with Crippen molar-refractivity contribution in [2.24, 2.45) is 0 Å². The van der Waals surface area contributed by atoms with Gasteiger partial charge in [-0.1, -0.05) is 26.0 Å². The summed E-state index contributed by atoms with van der Waals surface area (Å²) in [6, 6.07) is 6.80. The van der Waals surface area contributed by atoms with Crippen LogP contribution in [0.15, 0.2) is 35.5 Å². The van der Waals surface area contributed by atoms with Crippen molar-refractivity contribution < 1.29 is 17.9 Å². The molecule has 0 N–H and O–H groups in total. The number of ether oxygens (including phenoxy) is 1. The van der Waals surface area contributed by atoms with Crippen LogP contribution in [0.1, 0.15) is 42.9 Å². The highest BCUT2D eigenvalue weighted by atomic mass is 32.2. The van der Waals surface area contributed by atoms with E-state index < -0.39 is 10.0 Å². The van der Waals surface area contributed by atoms with E-state index in [1.807, 2.05) is 13.8 Å². The molecule has 0 spiro atoms. The molecule has 0 radical (unpaired) electrons. The summed E-state index contributed by atoms with van der Waals surface area (Å²) in [5.41, 5.74) is 1.39. The Balaban J connectivity index is 2.12. The Morgan fingerprint density at radius 2 is 1.90 bits per heavy atom. The molecule has 1 aromatic heterocycles. The van der Waals surface area contributed by atoms with Gasteiger partial charge in [0.1, 0.15) is 11.2 Å². The number of benzene rings is 1. The summed E-state index contributed by atoms with van der Waals surface area (Å²) < 4.78 is 34.7. The zero-order valence-corrected chi connectivity index (χ0v) is 18.0. The molecule has 2 aromatic rings. The van der Waals surface area contributed by atoms with E-state index in [9.17, 15) is 13.2 Å². The highest BCUT2D eigenvalue weighted by molar-refractivity contribution is 7.89. The van der Waals surface area contributed by atoms with E-state index in [4.69, 9.17) is 4.74 Å². The normalized spacial score (nSPS) is 15.4. The molecule has 158 valence electrons. The summed E-state index contributed by atoms with van der Waals surface area (Å²) in [4.78, 5) is 19.6. The van der Waals surface area contributed by atoms with E-state index in [0.29, 0.717) is 30.2 Å². The molecule has 0 atom stereocenters. The molecule has 1 aromatic carbocycles. The summed E-state index contributed by atoms with van der Waals surface area (Å²) in [5.74, 6) is -0.161. The standard InChI is InChI=1S/C20H28N4O4S/c1-4-10-22(11-5-2)20(25)19-17-14-23(12-13-28-3)29(26,27)18-9-7-6-8-16(18)24(17)15-21-19/h6-9,15H,4-5,10-14H2,1-3H3. The van der Waals surface area contributed by atoms with Gasteiger partial charge in [0.15, 0.2) is 5.69 Å². The van der Waals surface area contributed by atoms with Gasteiger partial charge in [-0.15, -0.1) is 0 Å². The molecule has 3 rings (SSSR count). The van der Waals surface area contributed by atoms with Crippen LogP contribution >= 0.6 is 0 Å². The highest BCUT2D eigenvalue weighted by Gasteiger charge is 2.35. The summed E-state index contributed by atoms with van der Waals surface area (Å²) in [7, 11) is -2.20. The van der Waals surface area contributed by atoms with Crippen LogP contribution < -0.4 is 0 Å². The van der Waals surface area contributed by atoms with Crippen molar-refractivity contribution in [3.8, 4) is 5.69 Å². The fraction of sp³-hybridized carbons (Fsp3) is 0.500. The number of amides is 1. The molecule has 2 heterocycles. The van der Waals surface area contributed by atoms with Crippen molar-refractivity contribution in [2.75, 3.05) is 33.4 Å². The van der Waals surface area contributed by atoms with Crippen LogP contribution in [0.3, 0.4) is 0 Å². The molecule has 0 bridgehead atoms. The summed E-state index contributed by atoms with van der Waals surface area (Å²) in [6.45, 7) is 5.85. The van der Waals surface area contributed by atoms with Gasteiger partial charge in [0.2, 0.25) is 10.0 Å². The Kier molecular flexibility index (Phi) is 6.71. The minimum absolute atomic E-state index is 0.0630. The number of carbonyl (C=O) groups excluding carboxylic acids is 1. The summed E-state index contributed by atoms with van der Waals surface area (Å²) in [5, 5.41) is 0. The molecule has 0 fully saturated rings. The van der Waals surface area contributed by atoms with E-state index in [2.05, 4.69) is 4.98 Å². The lowest BCUT2D eigenvalue weighted by Crippen LogP contribution is -2.35. The predicted molar refractivity (Wildman–Crippen MR) is 110 cm³/mol. The Morgan fingerprint density at radius 1 is 1.21 bits per heavy atom. The topological polar surface area (TPSA) is 84.7 Å². The average Bonchev–Trinajstić information content (AvgIpc) is 3.10. The van der Waals surface area contributed by atoms with Crippen LogP contribution in [0, 0.1) is 0 Å². The number of hydrogen-bond donors (Lipinski definition) is 0. The lowest BCUT2D eigenvalue weighted by molar-refractivity contribution is 0.0748. The number of nitrogens with zero attached hydrogens (tertiary/aromatic N) is 4. The molecule has 1 amide bonds. The predicted octanol–water partition coefficient (Wildman–Crippen LogP) is 2.29. The van der Waals surface area contributed by atoms with Crippen LogP contribution in [0.25, 0.3) is 5.69 Å². The third-order valence-electron chi connectivity index (χ3n) is 4.96. The van der Waals surface area contributed by atoms with E-state index in [0.717, 1.165) is 12.8 Å². The maximum atomic E-state index is 13.3. The Morgan fingerprint density at radius 3 is 2.55 bits per heavy atom. The van der Waals surface area contributed by atoms with Gasteiger partial charge < -0.3 is 9.64 Å². The number of rotatable bonds is 8. The van der Waals surface area contributed by atoms with Crippen molar-refractivity contribution in [1.82, 2.24) is 18.8 Å². The number of para-hydroxylation sites is 1. The molecule has 29 heavy (non-hydrogen) atoms. The van der Waals surface area contributed by atoms with Crippen LogP contribution in [0.2, 0.25) is 0 Å². The van der Waals surface area contributed by atoms with Crippen LogP contribution in [-0.2, 0) is 21.3 Å². The van der Waals surface area contributed by atoms with Gasteiger partial charge in [-0.25, -0.2) is 13.4 Å². The second-order valence-electron chi connectivity index (χ2n) is 7.00. The van der Waals surface area contributed by atoms with Crippen molar-refractivity contribution in [1.29, 1.82) is 0 Å². The number of methoxy groups -OCH3 is 1. The minimum atomic E-state index is -3.73. The molecule has 0 saturated carbocycles. The maximum Gasteiger partial charge on any atom is 0.274 e. The zero-order chi connectivity index (χ0) is 21.0. The molecule has 0 saturated heterocycles. The van der Waals surface area contributed by atoms with E-state index in [1.54, 1.807) is 40.1 Å². The number of sulfonamides is 1. The second-order valence-corrected chi connectivity index (χ2v) is 8.91. The first-order valence-corrected chi connectivity index (χ1v) is 11.3. The Labute approximate surface area is 172 Å². The van der Waals surface area contributed by atoms with E-state index in [-0.39, 0.29) is 30.5 Å². The van der Waals surface area contributed by atoms with Crippen LogP contribution in [0.5, 0.6) is 0 Å². The Hall–Kier alpha value is -2.23. The van der Waals surface area contributed by atoms with Crippen molar-refractivity contribution in [3.63, 3.8) is 0 Å². The molecule has 1 aliphatic rings. The molecular formula is C20H28N4O4S. The first-order valence-electron chi connectivity index (χ1n) is 9.89. The van der Waals surface area contributed by atoms with Gasteiger partial charge in [-0.05, 0) is 25.0 Å². The number of fused-ring (bicyclic) bond motifs is 3. The van der Waals surface area contributed by atoms with Crippen LogP contribution in [0.4, 0.5) is 0 Å². The monoisotopic (exact) mass is 420 g/mol. The smallest absolute Gasteiger partial charge is 0.274 e. The van der Waals surface area contributed by atoms with Gasteiger partial charge in [-0.2, -0.15) is 4.31 Å².